The van der Waals surface area contributed by atoms with Crippen LogP contribution >= 0.6 is 0 Å². The first-order valence-corrected chi connectivity index (χ1v) is 15.0. The number of aliphatic hydroxyl groups is 2. The van der Waals surface area contributed by atoms with Gasteiger partial charge >= 0.3 is 0 Å². The van der Waals surface area contributed by atoms with Crippen molar-refractivity contribution < 1.29 is 15.0 Å². The average Bonchev–Trinajstić information content (AvgIpc) is 3.24. The highest BCUT2D eigenvalue weighted by molar-refractivity contribution is 6.38. The number of carbonyl (C=O) groups excluding carboxylic acids is 1. The molecule has 6 N–H and O–H groups in total. The Labute approximate surface area is 245 Å². The van der Waals surface area contributed by atoms with Gasteiger partial charge in [0, 0.05) is 33.3 Å². The zero-order chi connectivity index (χ0) is 29.4. The van der Waals surface area contributed by atoms with Gasteiger partial charge in [0.15, 0.2) is 5.76 Å². The minimum absolute atomic E-state index is 0.108. The molecular weight excluding hydrogens is 524 g/mol. The molecule has 7 nitrogen and oxygen atoms in total. The smallest absolute Gasteiger partial charge is 0.232 e. The molecule has 214 valence electrons. The Bertz CT molecular complexity index is 1880. The second-order valence-electron chi connectivity index (χ2n) is 11.6. The summed E-state index contributed by atoms with van der Waals surface area (Å²) in [6.07, 6.45) is 3.23. The van der Waals surface area contributed by atoms with Crippen molar-refractivity contribution in [2.24, 2.45) is 0 Å². The van der Waals surface area contributed by atoms with E-state index in [0.29, 0.717) is 11.1 Å². The van der Waals surface area contributed by atoms with Crippen molar-refractivity contribution in [2.45, 2.75) is 64.7 Å². The van der Waals surface area contributed by atoms with Crippen LogP contribution in [0.2, 0.25) is 0 Å². The molecule has 7 rings (SSSR count). The summed E-state index contributed by atoms with van der Waals surface area (Å²) in [5.41, 5.74) is 4.18. The lowest BCUT2D eigenvalue weighted by Crippen LogP contribution is -2.47. The molecule has 2 aliphatic heterocycles. The third kappa shape index (κ3) is 3.49. The first kappa shape index (κ1) is 26.3. The number of Topliss-reactive ketones (excluding diaryl/α,β-unsaturated/α-hetero) is 1. The summed E-state index contributed by atoms with van der Waals surface area (Å²) in [7, 11) is 0. The van der Waals surface area contributed by atoms with Crippen molar-refractivity contribution in [1.29, 1.82) is 0 Å². The Kier molecular flexibility index (Phi) is 5.74. The Morgan fingerprint density at radius 1 is 0.571 bits per heavy atom. The first-order chi connectivity index (χ1) is 20.3. The van der Waals surface area contributed by atoms with E-state index in [1.165, 1.54) is 0 Å². The van der Waals surface area contributed by atoms with Crippen LogP contribution in [0.1, 0.15) is 64.5 Å². The molecule has 0 spiro atoms. The molecule has 0 bridgehead atoms. The molecule has 3 aliphatic rings. The van der Waals surface area contributed by atoms with E-state index in [9.17, 15) is 15.0 Å². The Hall–Kier alpha value is -4.65. The van der Waals surface area contributed by atoms with Crippen molar-refractivity contribution >= 4 is 61.2 Å². The van der Waals surface area contributed by atoms with Gasteiger partial charge in [-0.25, -0.2) is 0 Å². The predicted octanol–water partition coefficient (Wildman–Crippen LogP) is 8.52. The van der Waals surface area contributed by atoms with Crippen LogP contribution in [0.25, 0.3) is 32.7 Å². The highest BCUT2D eigenvalue weighted by Gasteiger charge is 2.41. The summed E-state index contributed by atoms with van der Waals surface area (Å²) in [5, 5.41) is 42.0. The Balaban J connectivity index is 1.45. The third-order valence-electron chi connectivity index (χ3n) is 9.67. The van der Waals surface area contributed by atoms with E-state index < -0.39 is 22.9 Å². The summed E-state index contributed by atoms with van der Waals surface area (Å²) >= 11 is 0. The van der Waals surface area contributed by atoms with Crippen molar-refractivity contribution in [3.8, 4) is 0 Å². The minimum atomic E-state index is -0.582. The Morgan fingerprint density at radius 3 is 1.48 bits per heavy atom. The van der Waals surface area contributed by atoms with E-state index in [1.807, 2.05) is 54.6 Å². The molecular formula is C35H36N4O3. The molecule has 7 heteroatoms. The SMILES string of the molecule is CCC1(CC)Nc2cccc3ccc(C4=C(O)C(c5ccc6cccc7c6c5NC(CC)(CC)N7)=C(O)C4=O)c(c23)N1. The molecule has 0 fully saturated rings. The Morgan fingerprint density at radius 2 is 1.02 bits per heavy atom. The fourth-order valence-electron chi connectivity index (χ4n) is 6.99. The molecule has 2 heterocycles. The molecule has 42 heavy (non-hydrogen) atoms. The van der Waals surface area contributed by atoms with Gasteiger partial charge in [0.2, 0.25) is 5.78 Å². The minimum Gasteiger partial charge on any atom is -0.506 e. The lowest BCUT2D eigenvalue weighted by molar-refractivity contribution is -0.112. The van der Waals surface area contributed by atoms with Gasteiger partial charge in [-0.3, -0.25) is 4.79 Å². The largest absolute Gasteiger partial charge is 0.506 e. The van der Waals surface area contributed by atoms with E-state index in [2.05, 4.69) is 55.0 Å². The predicted molar refractivity (Wildman–Crippen MR) is 173 cm³/mol. The quantitative estimate of drug-likeness (QED) is 0.140. The lowest BCUT2D eigenvalue weighted by Gasteiger charge is -2.41. The van der Waals surface area contributed by atoms with Crippen molar-refractivity contribution in [2.75, 3.05) is 21.3 Å². The number of benzene rings is 4. The molecule has 0 aromatic heterocycles. The zero-order valence-electron chi connectivity index (χ0n) is 24.4. The maximum absolute atomic E-state index is 13.9. The average molecular weight is 561 g/mol. The van der Waals surface area contributed by atoms with Crippen molar-refractivity contribution in [3.63, 3.8) is 0 Å². The van der Waals surface area contributed by atoms with Crippen LogP contribution in [0.4, 0.5) is 22.7 Å². The molecule has 0 saturated carbocycles. The van der Waals surface area contributed by atoms with E-state index >= 15 is 0 Å². The third-order valence-corrected chi connectivity index (χ3v) is 9.67. The van der Waals surface area contributed by atoms with E-state index in [4.69, 9.17) is 0 Å². The number of anilines is 4. The van der Waals surface area contributed by atoms with Crippen LogP contribution in [-0.2, 0) is 4.79 Å². The topological polar surface area (TPSA) is 106 Å². The maximum Gasteiger partial charge on any atom is 0.232 e. The highest BCUT2D eigenvalue weighted by atomic mass is 16.3. The van der Waals surface area contributed by atoms with E-state index in [-0.39, 0.29) is 16.9 Å². The van der Waals surface area contributed by atoms with Gasteiger partial charge in [0.25, 0.3) is 0 Å². The fraction of sp³-hybridized carbons (Fsp3) is 0.286. The van der Waals surface area contributed by atoms with Gasteiger partial charge in [0.1, 0.15) is 17.1 Å². The first-order valence-electron chi connectivity index (χ1n) is 15.0. The van der Waals surface area contributed by atoms with Gasteiger partial charge < -0.3 is 31.5 Å². The molecule has 0 amide bonds. The summed E-state index contributed by atoms with van der Waals surface area (Å²) in [4.78, 5) is 13.9. The van der Waals surface area contributed by atoms with Gasteiger partial charge in [-0.2, -0.15) is 0 Å². The molecule has 4 aromatic rings. The number of hydrogen-bond acceptors (Lipinski definition) is 7. The van der Waals surface area contributed by atoms with Crippen LogP contribution in [0.3, 0.4) is 0 Å². The normalized spacial score (nSPS) is 18.1. The summed E-state index contributed by atoms with van der Waals surface area (Å²) in [5.74, 6) is -1.24. The maximum atomic E-state index is 13.9. The van der Waals surface area contributed by atoms with Crippen LogP contribution in [0.5, 0.6) is 0 Å². The zero-order valence-corrected chi connectivity index (χ0v) is 24.4. The number of carbonyl (C=O) groups is 1. The molecule has 4 aromatic carbocycles. The lowest BCUT2D eigenvalue weighted by atomic mass is 9.89. The van der Waals surface area contributed by atoms with Crippen molar-refractivity contribution in [1.82, 2.24) is 0 Å². The molecule has 0 radical (unpaired) electrons. The van der Waals surface area contributed by atoms with Gasteiger partial charge in [-0.1, -0.05) is 76.2 Å². The number of aliphatic hydroxyl groups excluding tert-OH is 2. The number of hydrogen-bond donors (Lipinski definition) is 6. The van der Waals surface area contributed by atoms with Crippen LogP contribution in [0, 0.1) is 0 Å². The second-order valence-corrected chi connectivity index (χ2v) is 11.6. The number of rotatable bonds is 6. The van der Waals surface area contributed by atoms with Crippen LogP contribution < -0.4 is 21.3 Å². The summed E-state index contributed by atoms with van der Waals surface area (Å²) in [6.45, 7) is 8.48. The molecule has 0 saturated heterocycles. The summed E-state index contributed by atoms with van der Waals surface area (Å²) < 4.78 is 0. The summed E-state index contributed by atoms with van der Waals surface area (Å²) in [6, 6.07) is 19.9. The van der Waals surface area contributed by atoms with E-state index in [0.717, 1.165) is 70.0 Å². The van der Waals surface area contributed by atoms with E-state index in [1.54, 1.807) is 0 Å². The van der Waals surface area contributed by atoms with Crippen LogP contribution in [-0.4, -0.2) is 27.3 Å². The molecule has 1 aliphatic carbocycles. The van der Waals surface area contributed by atoms with Crippen molar-refractivity contribution in [3.05, 3.63) is 83.3 Å². The number of allylic oxidation sites excluding steroid dienone is 2. The van der Waals surface area contributed by atoms with Gasteiger partial charge in [-0.05, 0) is 48.6 Å². The highest BCUT2D eigenvalue weighted by Crippen LogP contribution is 2.50. The molecule has 0 atom stereocenters. The standard InChI is InChI=1S/C35H36N4O3/c1-5-34(6-2)36-23-13-9-11-19-15-17-21(29(38-34)25(19)23)27-31(40)28(33(42)32(27)41)22-18-16-20-12-10-14-24-26(20)30(22)39-35(7-3,8-4)37-24/h9-18,36-40H,5-8H2,1-4H3,(H,41,42). The number of nitrogens with one attached hydrogen (secondary N) is 4. The molecule has 0 unspecified atom stereocenters. The van der Waals surface area contributed by atoms with Gasteiger partial charge in [-0.15, -0.1) is 0 Å². The fourth-order valence-corrected chi connectivity index (χ4v) is 6.99. The van der Waals surface area contributed by atoms with Gasteiger partial charge in [0.05, 0.1) is 22.5 Å². The van der Waals surface area contributed by atoms with Crippen LogP contribution in [0.15, 0.2) is 72.2 Å². The second kappa shape index (κ2) is 9.18. The monoisotopic (exact) mass is 560 g/mol. The number of ketones is 1.